The third kappa shape index (κ3) is 18.9. The van der Waals surface area contributed by atoms with Crippen molar-refractivity contribution in [2.45, 2.75) is 73.8 Å². The largest absolute Gasteiger partial charge is 0.756 e. The summed E-state index contributed by atoms with van der Waals surface area (Å²) in [5.74, 6) is -0.653. The van der Waals surface area contributed by atoms with Gasteiger partial charge in [0.1, 0.15) is 25.9 Å². The van der Waals surface area contributed by atoms with Crippen LogP contribution in [-0.2, 0) is 23.1 Å². The average Bonchev–Trinajstić information content (AvgIpc) is 2.95. The van der Waals surface area contributed by atoms with Crippen LogP contribution in [0, 0.1) is 5.41 Å². The number of likely N-dealkylation sites (N-methyl/N-ethyl adjacent to an activating group) is 1. The van der Waals surface area contributed by atoms with E-state index >= 15 is 0 Å². The van der Waals surface area contributed by atoms with E-state index in [1.165, 1.54) is 36.0 Å². The molecule has 0 aromatic heterocycles. The molecule has 0 saturated heterocycles. The fourth-order valence-electron chi connectivity index (χ4n) is 4.61. The molecular formula is C38H58NO7P. The molecule has 0 spiro atoms. The highest BCUT2D eigenvalue weighted by atomic mass is 31.2. The molecule has 47 heavy (non-hydrogen) atoms. The molecule has 1 aliphatic rings. The third-order valence-corrected chi connectivity index (χ3v) is 8.58. The molecule has 262 valence electrons. The molecule has 0 fully saturated rings. The van der Waals surface area contributed by atoms with E-state index in [0.29, 0.717) is 16.6 Å². The van der Waals surface area contributed by atoms with E-state index in [-0.39, 0.29) is 12.0 Å². The first-order valence-corrected chi connectivity index (χ1v) is 17.6. The molecule has 0 aliphatic heterocycles. The molecule has 0 aromatic rings. The zero-order chi connectivity index (χ0) is 35.7. The van der Waals surface area contributed by atoms with Gasteiger partial charge in [0.2, 0.25) is 0 Å². The van der Waals surface area contributed by atoms with Gasteiger partial charge in [-0.15, -0.1) is 0 Å². The van der Waals surface area contributed by atoms with Crippen molar-refractivity contribution >= 4 is 13.8 Å². The standard InChI is InChI=1S/C38H58NO7P/c1-30(18-13-19-32(3)23-24-36-33(4)22-15-25-38(36,6)7)16-11-12-17-31(2)20-14-21-34(5)37(41)44-29-35(28-40)46-47(42,43)45-27-26-39(8,9)10/h11-14,16-21,23-24,35,40H,15,22,25-29H2,1-10H3/b12-11+,18-13+,20-14+,24-23+,30-16+,31-17+,32-19+,34-21+. The minimum absolute atomic E-state index is 0.0682. The second kappa shape index (κ2) is 20.5. The Bertz CT molecular complexity index is 1360. The number of hydrogen-bond donors (Lipinski definition) is 1. The van der Waals surface area contributed by atoms with Gasteiger partial charge in [-0.05, 0) is 64.9 Å². The Morgan fingerprint density at radius 1 is 0.957 bits per heavy atom. The van der Waals surface area contributed by atoms with Crippen molar-refractivity contribution in [1.29, 1.82) is 0 Å². The Morgan fingerprint density at radius 2 is 1.51 bits per heavy atom. The van der Waals surface area contributed by atoms with Gasteiger partial charge in [0, 0.05) is 5.57 Å². The van der Waals surface area contributed by atoms with Gasteiger partial charge in [0.05, 0.1) is 27.7 Å². The highest BCUT2D eigenvalue weighted by Crippen LogP contribution is 2.41. The molecule has 0 saturated carbocycles. The van der Waals surface area contributed by atoms with E-state index in [2.05, 4.69) is 65.0 Å². The van der Waals surface area contributed by atoms with Gasteiger partial charge in [-0.1, -0.05) is 109 Å². The minimum atomic E-state index is -4.66. The summed E-state index contributed by atoms with van der Waals surface area (Å²) in [5, 5.41) is 9.47. The average molecular weight is 672 g/mol. The van der Waals surface area contributed by atoms with Crippen LogP contribution in [0.15, 0.2) is 106 Å². The number of nitrogens with zero attached hydrogens (tertiary/aromatic N) is 1. The Kier molecular flexibility index (Phi) is 18.4. The van der Waals surface area contributed by atoms with Crippen LogP contribution < -0.4 is 4.89 Å². The van der Waals surface area contributed by atoms with Crippen molar-refractivity contribution in [1.82, 2.24) is 0 Å². The van der Waals surface area contributed by atoms with Crippen LogP contribution in [0.3, 0.4) is 0 Å². The Morgan fingerprint density at radius 3 is 2.06 bits per heavy atom. The summed E-state index contributed by atoms with van der Waals surface area (Å²) in [4.78, 5) is 24.3. The SMILES string of the molecule is CC1=C(/C=C/C(C)=C/C=C/C(C)=C/C=C/C=C(C)/C=C/C=C(\C)C(=O)OCC(CO)OP(=O)([O-])OCC[N+](C)(C)C)C(C)(C)CCC1. The smallest absolute Gasteiger partial charge is 0.333 e. The normalized spacial score (nSPS) is 19.4. The molecule has 1 aliphatic carbocycles. The second-order valence-electron chi connectivity index (χ2n) is 13.8. The van der Waals surface area contributed by atoms with Crippen LogP contribution >= 0.6 is 7.82 Å². The summed E-state index contributed by atoms with van der Waals surface area (Å²) in [6.45, 7) is 13.9. The first-order valence-electron chi connectivity index (χ1n) is 16.2. The van der Waals surface area contributed by atoms with Crippen LogP contribution in [-0.4, -0.2) is 69.2 Å². The van der Waals surface area contributed by atoms with Crippen LogP contribution in [0.4, 0.5) is 0 Å². The summed E-state index contributed by atoms with van der Waals surface area (Å²) >= 11 is 0. The number of aliphatic hydroxyl groups excluding tert-OH is 1. The molecular weight excluding hydrogens is 613 g/mol. The van der Waals surface area contributed by atoms with Gasteiger partial charge in [-0.2, -0.15) is 0 Å². The fraction of sp³-hybridized carbons (Fsp3) is 0.500. The number of phosphoric acid groups is 1. The number of esters is 1. The fourth-order valence-corrected chi connectivity index (χ4v) is 5.47. The molecule has 8 nitrogen and oxygen atoms in total. The molecule has 0 heterocycles. The summed E-state index contributed by atoms with van der Waals surface area (Å²) in [6.07, 6.45) is 26.3. The number of phosphoric ester groups is 1. The predicted molar refractivity (Wildman–Crippen MR) is 191 cm³/mol. The monoisotopic (exact) mass is 671 g/mol. The molecule has 0 amide bonds. The van der Waals surface area contributed by atoms with Gasteiger partial charge >= 0.3 is 5.97 Å². The van der Waals surface area contributed by atoms with Crippen LogP contribution in [0.1, 0.15) is 67.7 Å². The zero-order valence-corrected chi connectivity index (χ0v) is 31.1. The molecule has 9 heteroatoms. The third-order valence-electron chi connectivity index (χ3n) is 7.52. The van der Waals surface area contributed by atoms with Crippen molar-refractivity contribution in [3.8, 4) is 0 Å². The summed E-state index contributed by atoms with van der Waals surface area (Å²) in [5.41, 5.74) is 6.83. The lowest BCUT2D eigenvalue weighted by Gasteiger charge is -2.32. The van der Waals surface area contributed by atoms with E-state index in [4.69, 9.17) is 13.8 Å². The lowest BCUT2D eigenvalue weighted by molar-refractivity contribution is -0.870. The van der Waals surface area contributed by atoms with Crippen molar-refractivity contribution in [3.63, 3.8) is 0 Å². The van der Waals surface area contributed by atoms with E-state index < -0.39 is 33.1 Å². The van der Waals surface area contributed by atoms with Crippen molar-refractivity contribution in [3.05, 3.63) is 106 Å². The van der Waals surface area contributed by atoms with Crippen LogP contribution in [0.25, 0.3) is 0 Å². The van der Waals surface area contributed by atoms with Gasteiger partial charge in [-0.3, -0.25) is 4.57 Å². The molecule has 2 unspecified atom stereocenters. The van der Waals surface area contributed by atoms with E-state index in [1.54, 1.807) is 19.1 Å². The van der Waals surface area contributed by atoms with Gasteiger partial charge < -0.3 is 28.3 Å². The highest BCUT2D eigenvalue weighted by molar-refractivity contribution is 7.45. The number of rotatable bonds is 18. The second-order valence-corrected chi connectivity index (χ2v) is 15.1. The molecule has 2 atom stereocenters. The highest BCUT2D eigenvalue weighted by Gasteiger charge is 2.26. The Labute approximate surface area is 284 Å². The number of ether oxygens (including phenoxy) is 1. The maximum absolute atomic E-state index is 12.3. The molecule has 1 rings (SSSR count). The summed E-state index contributed by atoms with van der Waals surface area (Å²) in [6, 6.07) is 0. The molecule has 0 radical (unpaired) electrons. The van der Waals surface area contributed by atoms with Crippen molar-refractivity contribution in [2.24, 2.45) is 5.41 Å². The number of hydrogen-bond acceptors (Lipinski definition) is 7. The van der Waals surface area contributed by atoms with E-state index in [9.17, 15) is 19.4 Å². The van der Waals surface area contributed by atoms with Crippen molar-refractivity contribution < 1.29 is 37.6 Å². The Balaban J connectivity index is 2.58. The maximum atomic E-state index is 12.3. The van der Waals surface area contributed by atoms with Gasteiger partial charge in [0.15, 0.2) is 0 Å². The predicted octanol–water partition coefficient (Wildman–Crippen LogP) is 7.63. The summed E-state index contributed by atoms with van der Waals surface area (Å²) in [7, 11) is 1.02. The van der Waals surface area contributed by atoms with Crippen LogP contribution in [0.2, 0.25) is 0 Å². The number of carbonyl (C=O) groups is 1. The number of aliphatic hydroxyl groups is 1. The minimum Gasteiger partial charge on any atom is -0.756 e. The van der Waals surface area contributed by atoms with Gasteiger partial charge in [0.25, 0.3) is 7.82 Å². The van der Waals surface area contributed by atoms with E-state index in [0.717, 1.165) is 11.1 Å². The topological polar surface area (TPSA) is 105 Å². The number of allylic oxidation sites excluding steroid dienone is 17. The lowest BCUT2D eigenvalue weighted by Crippen LogP contribution is -2.38. The number of carbonyl (C=O) groups excluding carboxylic acids is 1. The van der Waals surface area contributed by atoms with E-state index in [1.807, 2.05) is 58.4 Å². The lowest BCUT2D eigenvalue weighted by atomic mass is 9.72. The van der Waals surface area contributed by atoms with Crippen molar-refractivity contribution in [2.75, 3.05) is 47.5 Å². The zero-order valence-electron chi connectivity index (χ0n) is 30.2. The molecule has 0 bridgehead atoms. The number of quaternary nitrogens is 1. The molecule has 1 N–H and O–H groups in total. The molecule has 0 aromatic carbocycles. The Hall–Kier alpha value is -2.84. The summed E-state index contributed by atoms with van der Waals surface area (Å²) < 4.78 is 27.3. The van der Waals surface area contributed by atoms with Gasteiger partial charge in [-0.25, -0.2) is 4.79 Å². The quantitative estimate of drug-likeness (QED) is 0.0525. The first kappa shape index (κ1) is 42.2. The maximum Gasteiger partial charge on any atom is 0.333 e. The van der Waals surface area contributed by atoms with Crippen LogP contribution in [0.5, 0.6) is 0 Å². The first-order chi connectivity index (χ1) is 21.8.